The molecule has 7 nitrogen and oxygen atoms in total. The fourth-order valence-electron chi connectivity index (χ4n) is 4.29. The molecule has 9 heteroatoms. The van der Waals surface area contributed by atoms with Gasteiger partial charge in [0.05, 0.1) is 12.1 Å². The van der Waals surface area contributed by atoms with Gasteiger partial charge in [0.15, 0.2) is 5.82 Å². The van der Waals surface area contributed by atoms with Crippen LogP contribution in [-0.4, -0.2) is 39.1 Å². The first-order chi connectivity index (χ1) is 16.4. The van der Waals surface area contributed by atoms with Crippen LogP contribution in [0.1, 0.15) is 58.5 Å². The van der Waals surface area contributed by atoms with E-state index in [1.165, 1.54) is 16.0 Å². The molecule has 2 aromatic heterocycles. The molecule has 1 atom stereocenters. The second kappa shape index (κ2) is 9.27. The molecule has 2 aliphatic rings. The van der Waals surface area contributed by atoms with Crippen LogP contribution in [0.4, 0.5) is 0 Å². The van der Waals surface area contributed by atoms with Crippen molar-refractivity contribution < 1.29 is 4.79 Å². The molecule has 174 valence electrons. The lowest BCUT2D eigenvalue weighted by Gasteiger charge is -2.13. The molecule has 0 aliphatic carbocycles. The van der Waals surface area contributed by atoms with Crippen LogP contribution in [0.2, 0.25) is 5.02 Å². The van der Waals surface area contributed by atoms with Crippen LogP contribution in [0, 0.1) is 20.8 Å². The molecule has 0 unspecified atom stereocenters. The summed E-state index contributed by atoms with van der Waals surface area (Å²) in [5, 5.41) is 13.5. The molecule has 34 heavy (non-hydrogen) atoms. The van der Waals surface area contributed by atoms with Crippen molar-refractivity contribution >= 4 is 40.8 Å². The number of carbonyl (C=O) groups excluding carboxylic acids is 1. The number of carbonyl (C=O) groups is 1. The third-order valence-electron chi connectivity index (χ3n) is 6.22. The van der Waals surface area contributed by atoms with Gasteiger partial charge >= 0.3 is 0 Å². The average molecular weight is 493 g/mol. The summed E-state index contributed by atoms with van der Waals surface area (Å²) in [7, 11) is 0. The highest BCUT2D eigenvalue weighted by Crippen LogP contribution is 2.39. The topological polar surface area (TPSA) is 84.5 Å². The summed E-state index contributed by atoms with van der Waals surface area (Å²) < 4.78 is 2.06. The molecule has 0 bridgehead atoms. The fraction of sp³-hybridized carbons (Fsp3) is 0.320. The predicted molar refractivity (Wildman–Crippen MR) is 137 cm³/mol. The summed E-state index contributed by atoms with van der Waals surface area (Å²) in [6, 6.07) is 7.23. The molecule has 0 fully saturated rings. The first-order valence-electron chi connectivity index (χ1n) is 11.2. The minimum atomic E-state index is -0.458. The van der Waals surface area contributed by atoms with E-state index in [9.17, 15) is 4.79 Å². The highest BCUT2D eigenvalue weighted by Gasteiger charge is 2.32. The van der Waals surface area contributed by atoms with E-state index in [2.05, 4.69) is 38.9 Å². The van der Waals surface area contributed by atoms with Gasteiger partial charge in [-0.05, 0) is 50.5 Å². The largest absolute Gasteiger partial charge is 0.356 e. The van der Waals surface area contributed by atoms with E-state index < -0.39 is 6.04 Å². The summed E-state index contributed by atoms with van der Waals surface area (Å²) in [5.74, 6) is 1.41. The summed E-state index contributed by atoms with van der Waals surface area (Å²) in [6.45, 7) is 6.74. The lowest BCUT2D eigenvalue weighted by molar-refractivity contribution is -0.121. The number of aliphatic imine (C=N–C) groups is 2. The molecule has 5 rings (SSSR count). The van der Waals surface area contributed by atoms with E-state index in [1.807, 2.05) is 43.6 Å². The summed E-state index contributed by atoms with van der Waals surface area (Å²) in [5.41, 5.74) is 5.27. The number of thiophene rings is 1. The van der Waals surface area contributed by atoms with Crippen LogP contribution >= 0.6 is 22.9 Å². The van der Waals surface area contributed by atoms with Gasteiger partial charge < -0.3 is 5.32 Å². The smallest absolute Gasteiger partial charge is 0.222 e. The van der Waals surface area contributed by atoms with Crippen LogP contribution in [0.25, 0.3) is 5.00 Å². The Hall–Kier alpha value is -3.10. The highest BCUT2D eigenvalue weighted by atomic mass is 35.5. The number of amides is 1. The van der Waals surface area contributed by atoms with Crippen molar-refractivity contribution in [3.63, 3.8) is 0 Å². The quantitative estimate of drug-likeness (QED) is 0.522. The van der Waals surface area contributed by atoms with Crippen LogP contribution in [0.5, 0.6) is 0 Å². The molecule has 0 radical (unpaired) electrons. The minimum Gasteiger partial charge on any atom is -0.356 e. The molecule has 3 aromatic rings. The Bertz CT molecular complexity index is 1350. The molecule has 0 saturated carbocycles. The van der Waals surface area contributed by atoms with E-state index in [-0.39, 0.29) is 12.3 Å². The molecule has 0 saturated heterocycles. The van der Waals surface area contributed by atoms with Gasteiger partial charge in [0, 0.05) is 46.4 Å². The first-order valence-corrected chi connectivity index (χ1v) is 12.4. The lowest BCUT2D eigenvalue weighted by atomic mass is 9.99. The predicted octanol–water partition coefficient (Wildman–Crippen LogP) is 5.05. The van der Waals surface area contributed by atoms with E-state index >= 15 is 0 Å². The Labute approximate surface area is 207 Å². The van der Waals surface area contributed by atoms with Gasteiger partial charge in [-0.3, -0.25) is 19.3 Å². The molecular weight excluding hydrogens is 468 g/mol. The van der Waals surface area contributed by atoms with Crippen LogP contribution in [0.15, 0.2) is 46.0 Å². The van der Waals surface area contributed by atoms with Gasteiger partial charge in [-0.15, -0.1) is 21.5 Å². The highest BCUT2D eigenvalue weighted by molar-refractivity contribution is 7.15. The van der Waals surface area contributed by atoms with Crippen LogP contribution in [-0.2, 0) is 4.79 Å². The number of fused-ring (bicyclic) bond motifs is 3. The van der Waals surface area contributed by atoms with E-state index in [0.29, 0.717) is 17.4 Å². The van der Waals surface area contributed by atoms with Gasteiger partial charge in [0.2, 0.25) is 5.91 Å². The SMILES string of the molecule is Cc1sc2c(c1C)C(c1ccc(Cl)cc1)=N[C@@H](CC(=O)NCCC1=CN=CC1)c1nnc(C)n1-2. The zero-order valence-corrected chi connectivity index (χ0v) is 20.9. The number of hydrogen-bond acceptors (Lipinski definition) is 6. The number of halogens is 1. The number of benzene rings is 1. The molecule has 1 N–H and O–H groups in total. The van der Waals surface area contributed by atoms with Crippen molar-refractivity contribution in [3.05, 3.63) is 74.3 Å². The summed E-state index contributed by atoms with van der Waals surface area (Å²) >= 11 is 7.86. The monoisotopic (exact) mass is 492 g/mol. The first kappa shape index (κ1) is 22.7. The van der Waals surface area contributed by atoms with Crippen molar-refractivity contribution in [1.29, 1.82) is 0 Å². The fourth-order valence-corrected chi connectivity index (χ4v) is 5.63. The number of nitrogens with zero attached hydrogens (tertiary/aromatic N) is 5. The molecule has 2 aliphatic heterocycles. The molecule has 1 amide bonds. The number of rotatable bonds is 6. The zero-order valence-electron chi connectivity index (χ0n) is 19.3. The molecule has 1 aromatic carbocycles. The maximum atomic E-state index is 12.9. The van der Waals surface area contributed by atoms with E-state index in [0.717, 1.165) is 40.5 Å². The second-order valence-corrected chi connectivity index (χ2v) is 10.2. The van der Waals surface area contributed by atoms with Crippen molar-refractivity contribution in [2.24, 2.45) is 9.98 Å². The van der Waals surface area contributed by atoms with Crippen molar-refractivity contribution in [3.8, 4) is 5.00 Å². The number of nitrogens with one attached hydrogen (secondary N) is 1. The molecular formula is C25H25ClN6OS. The molecule has 4 heterocycles. The zero-order chi connectivity index (χ0) is 23.8. The Kier molecular flexibility index (Phi) is 6.18. The van der Waals surface area contributed by atoms with Crippen molar-refractivity contribution in [2.75, 3.05) is 6.54 Å². The van der Waals surface area contributed by atoms with Crippen molar-refractivity contribution in [2.45, 2.75) is 46.1 Å². The standard InChI is InChI=1S/C25H25ClN6OS/c1-14-15(2)34-25-22(14)23(18-4-6-19(26)7-5-18)29-20(24-31-30-16(3)32(24)25)12-21(33)28-11-9-17-8-10-27-13-17/h4-7,10,13,20H,8-9,11-12H2,1-3H3,(H,28,33)/t20-/m0/s1. The lowest BCUT2D eigenvalue weighted by Crippen LogP contribution is -2.26. The van der Waals surface area contributed by atoms with Crippen molar-refractivity contribution in [1.82, 2.24) is 20.1 Å². The number of aromatic nitrogens is 3. The van der Waals surface area contributed by atoms with Gasteiger partial charge in [-0.25, -0.2) is 0 Å². The van der Waals surface area contributed by atoms with Gasteiger partial charge in [-0.1, -0.05) is 23.7 Å². The van der Waals surface area contributed by atoms with Gasteiger partial charge in [0.1, 0.15) is 16.9 Å². The Balaban J connectivity index is 1.51. The summed E-state index contributed by atoms with van der Waals surface area (Å²) in [4.78, 5) is 23.4. The third kappa shape index (κ3) is 4.23. The maximum Gasteiger partial charge on any atom is 0.222 e. The third-order valence-corrected chi connectivity index (χ3v) is 7.66. The van der Waals surface area contributed by atoms with Crippen LogP contribution < -0.4 is 5.32 Å². The average Bonchev–Trinajstić information content (AvgIpc) is 3.51. The summed E-state index contributed by atoms with van der Waals surface area (Å²) in [6.07, 6.45) is 5.59. The van der Waals surface area contributed by atoms with E-state index in [1.54, 1.807) is 11.3 Å². The Morgan fingerprint density at radius 2 is 2.00 bits per heavy atom. The van der Waals surface area contributed by atoms with Crippen LogP contribution in [0.3, 0.4) is 0 Å². The second-order valence-electron chi connectivity index (χ2n) is 8.53. The Morgan fingerprint density at radius 3 is 2.74 bits per heavy atom. The van der Waals surface area contributed by atoms with Gasteiger partial charge in [-0.2, -0.15) is 0 Å². The van der Waals surface area contributed by atoms with Gasteiger partial charge in [0.25, 0.3) is 0 Å². The van der Waals surface area contributed by atoms with E-state index in [4.69, 9.17) is 16.6 Å². The molecule has 0 spiro atoms. The minimum absolute atomic E-state index is 0.0610. The number of aryl methyl sites for hydroxylation is 2. The Morgan fingerprint density at radius 1 is 1.21 bits per heavy atom. The normalized spacial score (nSPS) is 16.5. The number of hydrogen-bond donors (Lipinski definition) is 1. The maximum absolute atomic E-state index is 12.9.